The zero-order valence-electron chi connectivity index (χ0n) is 10.1. The monoisotopic (exact) mass is 219 g/mol. The first-order valence-electron chi connectivity index (χ1n) is 6.53. The average Bonchev–Trinajstić information content (AvgIpc) is 2.81. The van der Waals surface area contributed by atoms with Crippen LogP contribution in [-0.2, 0) is 6.54 Å². The van der Waals surface area contributed by atoms with Crippen LogP contribution >= 0.6 is 0 Å². The Balaban J connectivity index is 1.70. The molecule has 0 saturated heterocycles. The van der Waals surface area contributed by atoms with Crippen molar-refractivity contribution < 1.29 is 0 Å². The topological polar surface area (TPSA) is 29.9 Å². The minimum absolute atomic E-state index is 0.501. The molecule has 0 aromatic carbocycles. The van der Waals surface area contributed by atoms with Crippen LogP contribution in [0.1, 0.15) is 45.4 Å². The van der Waals surface area contributed by atoms with Crippen LogP contribution < -0.4 is 5.32 Å². The Kier molecular flexibility index (Phi) is 2.41. The van der Waals surface area contributed by atoms with E-state index in [9.17, 15) is 0 Å². The van der Waals surface area contributed by atoms with Crippen molar-refractivity contribution in [1.82, 2.24) is 9.55 Å². The van der Waals surface area contributed by atoms with Crippen molar-refractivity contribution in [3.8, 4) is 0 Å². The lowest BCUT2D eigenvalue weighted by Crippen LogP contribution is -2.21. The maximum Gasteiger partial charge on any atom is 0.203 e. The SMILES string of the molecule is CC1(Cn2ccnc2NC2CC2)CCCC1. The molecule has 1 aromatic heterocycles. The number of hydrogen-bond acceptors (Lipinski definition) is 2. The lowest BCUT2D eigenvalue weighted by Gasteiger charge is -2.25. The highest BCUT2D eigenvalue weighted by Gasteiger charge is 2.30. The highest BCUT2D eigenvalue weighted by Crippen LogP contribution is 2.39. The van der Waals surface area contributed by atoms with Crippen molar-refractivity contribution >= 4 is 5.95 Å². The molecular formula is C13H21N3. The first-order chi connectivity index (χ1) is 7.75. The standard InChI is InChI=1S/C13H21N3/c1-13(6-2-3-7-13)10-16-9-8-14-12(16)15-11-4-5-11/h8-9,11H,2-7,10H2,1H3,(H,14,15). The normalized spacial score (nSPS) is 23.6. The Morgan fingerprint density at radius 2 is 2.19 bits per heavy atom. The Hall–Kier alpha value is -0.990. The van der Waals surface area contributed by atoms with E-state index in [4.69, 9.17) is 0 Å². The summed E-state index contributed by atoms with van der Waals surface area (Å²) in [4.78, 5) is 4.42. The fourth-order valence-electron chi connectivity index (χ4n) is 2.79. The molecule has 2 aliphatic carbocycles. The van der Waals surface area contributed by atoms with E-state index in [1.54, 1.807) is 0 Å². The van der Waals surface area contributed by atoms with Crippen LogP contribution in [0.5, 0.6) is 0 Å². The van der Waals surface area contributed by atoms with Gasteiger partial charge in [0.2, 0.25) is 5.95 Å². The predicted molar refractivity (Wildman–Crippen MR) is 65.4 cm³/mol. The van der Waals surface area contributed by atoms with Gasteiger partial charge in [0.05, 0.1) is 0 Å². The van der Waals surface area contributed by atoms with E-state index in [1.807, 2.05) is 6.20 Å². The molecule has 3 heteroatoms. The number of nitrogens with one attached hydrogen (secondary N) is 1. The van der Waals surface area contributed by atoms with E-state index in [0.717, 1.165) is 12.5 Å². The lowest BCUT2D eigenvalue weighted by molar-refractivity contribution is 0.283. The molecule has 0 unspecified atom stereocenters. The lowest BCUT2D eigenvalue weighted by atomic mass is 9.89. The van der Waals surface area contributed by atoms with E-state index >= 15 is 0 Å². The molecule has 2 fully saturated rings. The zero-order valence-corrected chi connectivity index (χ0v) is 10.1. The highest BCUT2D eigenvalue weighted by molar-refractivity contribution is 5.29. The summed E-state index contributed by atoms with van der Waals surface area (Å²) in [5.74, 6) is 1.08. The fourth-order valence-corrected chi connectivity index (χ4v) is 2.79. The summed E-state index contributed by atoms with van der Waals surface area (Å²) in [5.41, 5.74) is 0.501. The van der Waals surface area contributed by atoms with Gasteiger partial charge < -0.3 is 9.88 Å². The van der Waals surface area contributed by atoms with E-state index in [1.165, 1.54) is 38.5 Å². The van der Waals surface area contributed by atoms with Crippen molar-refractivity contribution in [3.63, 3.8) is 0 Å². The molecule has 1 N–H and O–H groups in total. The molecule has 16 heavy (non-hydrogen) atoms. The van der Waals surface area contributed by atoms with Crippen LogP contribution in [0.4, 0.5) is 5.95 Å². The second kappa shape index (κ2) is 3.79. The van der Waals surface area contributed by atoms with Gasteiger partial charge in [0.1, 0.15) is 0 Å². The van der Waals surface area contributed by atoms with Crippen molar-refractivity contribution in [3.05, 3.63) is 12.4 Å². The van der Waals surface area contributed by atoms with Gasteiger partial charge in [-0.25, -0.2) is 4.98 Å². The Labute approximate surface area is 97.3 Å². The average molecular weight is 219 g/mol. The summed E-state index contributed by atoms with van der Waals surface area (Å²) in [6.45, 7) is 3.54. The van der Waals surface area contributed by atoms with E-state index in [-0.39, 0.29) is 0 Å². The van der Waals surface area contributed by atoms with Crippen LogP contribution in [0.2, 0.25) is 0 Å². The van der Waals surface area contributed by atoms with Crippen LogP contribution in [0, 0.1) is 5.41 Å². The summed E-state index contributed by atoms with van der Waals surface area (Å²) in [7, 11) is 0. The summed E-state index contributed by atoms with van der Waals surface area (Å²) >= 11 is 0. The second-order valence-corrected chi connectivity index (χ2v) is 5.82. The maximum atomic E-state index is 4.42. The minimum atomic E-state index is 0.501. The largest absolute Gasteiger partial charge is 0.353 e. The van der Waals surface area contributed by atoms with Gasteiger partial charge in [-0.1, -0.05) is 19.8 Å². The van der Waals surface area contributed by atoms with Crippen molar-refractivity contribution in [2.75, 3.05) is 5.32 Å². The van der Waals surface area contributed by atoms with Gasteiger partial charge in [-0.3, -0.25) is 0 Å². The molecule has 3 nitrogen and oxygen atoms in total. The number of nitrogens with zero attached hydrogens (tertiary/aromatic N) is 2. The van der Waals surface area contributed by atoms with Crippen molar-refractivity contribution in [2.45, 2.75) is 58.0 Å². The molecule has 3 rings (SSSR count). The first kappa shape index (κ1) is 10.2. The van der Waals surface area contributed by atoms with Gasteiger partial charge in [-0.2, -0.15) is 0 Å². The number of aromatic nitrogens is 2. The predicted octanol–water partition coefficient (Wildman–Crippen LogP) is 3.04. The van der Waals surface area contributed by atoms with Crippen molar-refractivity contribution in [2.24, 2.45) is 5.41 Å². The molecule has 0 bridgehead atoms. The maximum absolute atomic E-state index is 4.42. The summed E-state index contributed by atoms with van der Waals surface area (Å²) in [6.07, 6.45) is 12.2. The molecule has 0 aliphatic heterocycles. The molecule has 1 heterocycles. The molecule has 1 aromatic rings. The summed E-state index contributed by atoms with van der Waals surface area (Å²) < 4.78 is 2.31. The third-order valence-electron chi connectivity index (χ3n) is 3.99. The summed E-state index contributed by atoms with van der Waals surface area (Å²) in [5, 5.41) is 3.51. The third kappa shape index (κ3) is 2.08. The van der Waals surface area contributed by atoms with Gasteiger partial charge >= 0.3 is 0 Å². The van der Waals surface area contributed by atoms with Crippen molar-refractivity contribution in [1.29, 1.82) is 0 Å². The van der Waals surface area contributed by atoms with Gasteiger partial charge in [0, 0.05) is 25.0 Å². The second-order valence-electron chi connectivity index (χ2n) is 5.82. The molecule has 0 spiro atoms. The highest BCUT2D eigenvalue weighted by atomic mass is 15.2. The molecule has 2 aliphatic rings. The molecule has 0 radical (unpaired) electrons. The Bertz CT molecular complexity index is 359. The van der Waals surface area contributed by atoms with Gasteiger partial charge in [-0.05, 0) is 31.1 Å². The third-order valence-corrected chi connectivity index (χ3v) is 3.99. The molecule has 2 saturated carbocycles. The minimum Gasteiger partial charge on any atom is -0.353 e. The van der Waals surface area contributed by atoms with Crippen LogP contribution in [-0.4, -0.2) is 15.6 Å². The van der Waals surface area contributed by atoms with Gasteiger partial charge in [-0.15, -0.1) is 0 Å². The summed E-state index contributed by atoms with van der Waals surface area (Å²) in [6, 6.07) is 0.692. The van der Waals surface area contributed by atoms with Crippen LogP contribution in [0.25, 0.3) is 0 Å². The quantitative estimate of drug-likeness (QED) is 0.843. The first-order valence-corrected chi connectivity index (χ1v) is 6.53. The zero-order chi connectivity index (χ0) is 11.0. The Morgan fingerprint density at radius 1 is 1.44 bits per heavy atom. The van der Waals surface area contributed by atoms with Gasteiger partial charge in [0.25, 0.3) is 0 Å². The molecule has 88 valence electrons. The Morgan fingerprint density at radius 3 is 2.88 bits per heavy atom. The van der Waals surface area contributed by atoms with Crippen LogP contribution in [0.3, 0.4) is 0 Å². The molecule has 0 atom stereocenters. The number of hydrogen-bond donors (Lipinski definition) is 1. The van der Waals surface area contributed by atoms with E-state index < -0.39 is 0 Å². The molecular weight excluding hydrogens is 198 g/mol. The van der Waals surface area contributed by atoms with Crippen LogP contribution in [0.15, 0.2) is 12.4 Å². The van der Waals surface area contributed by atoms with E-state index in [0.29, 0.717) is 11.5 Å². The fraction of sp³-hybridized carbons (Fsp3) is 0.769. The number of rotatable bonds is 4. The van der Waals surface area contributed by atoms with E-state index in [2.05, 4.69) is 28.0 Å². The van der Waals surface area contributed by atoms with Gasteiger partial charge in [0.15, 0.2) is 0 Å². The number of anilines is 1. The smallest absolute Gasteiger partial charge is 0.203 e. The molecule has 0 amide bonds. The number of imidazole rings is 1.